The molecule has 5 heteroatoms. The molecule has 0 saturated carbocycles. The van der Waals surface area contributed by atoms with Gasteiger partial charge in [0.05, 0.1) is 6.61 Å². The standard InChI is InChI=1S/C14H14FNO3/c1-3-18-13(17)8-19-12-7-11(15)6-10-5-4-9(2)16-14(10)12/h4-7H,3,8H2,1-2H3. The first-order valence-corrected chi connectivity index (χ1v) is 5.95. The number of hydrogen-bond acceptors (Lipinski definition) is 4. The summed E-state index contributed by atoms with van der Waals surface area (Å²) >= 11 is 0. The van der Waals surface area contributed by atoms with Crippen molar-refractivity contribution in [2.75, 3.05) is 13.2 Å². The molecule has 0 saturated heterocycles. The lowest BCUT2D eigenvalue weighted by atomic mass is 10.2. The fraction of sp³-hybridized carbons (Fsp3) is 0.286. The molecule has 100 valence electrons. The molecular formula is C14H14FNO3. The van der Waals surface area contributed by atoms with Crippen molar-refractivity contribution in [3.63, 3.8) is 0 Å². The van der Waals surface area contributed by atoms with E-state index in [1.807, 2.05) is 6.92 Å². The molecule has 0 bridgehead atoms. The molecule has 0 unspecified atom stereocenters. The molecule has 4 nitrogen and oxygen atoms in total. The van der Waals surface area contributed by atoms with Crippen LogP contribution < -0.4 is 4.74 Å². The summed E-state index contributed by atoms with van der Waals surface area (Å²) in [4.78, 5) is 15.5. The molecule has 2 aromatic rings. The predicted molar refractivity (Wildman–Crippen MR) is 68.6 cm³/mol. The summed E-state index contributed by atoms with van der Waals surface area (Å²) in [5, 5.41) is 0.629. The molecule has 0 atom stereocenters. The Morgan fingerprint density at radius 2 is 2.16 bits per heavy atom. The van der Waals surface area contributed by atoms with Crippen molar-refractivity contribution in [3.8, 4) is 5.75 Å². The van der Waals surface area contributed by atoms with Gasteiger partial charge in [0.15, 0.2) is 6.61 Å². The highest BCUT2D eigenvalue weighted by Crippen LogP contribution is 2.25. The maximum Gasteiger partial charge on any atom is 0.344 e. The summed E-state index contributed by atoms with van der Waals surface area (Å²) < 4.78 is 23.5. The molecule has 0 radical (unpaired) electrons. The molecule has 1 heterocycles. The summed E-state index contributed by atoms with van der Waals surface area (Å²) in [5.74, 6) is -0.684. The molecule has 0 N–H and O–H groups in total. The number of aromatic nitrogens is 1. The second kappa shape index (κ2) is 5.65. The molecule has 0 aliphatic rings. The first-order valence-electron chi connectivity index (χ1n) is 5.95. The number of fused-ring (bicyclic) bond motifs is 1. The van der Waals surface area contributed by atoms with Gasteiger partial charge in [0.2, 0.25) is 0 Å². The summed E-state index contributed by atoms with van der Waals surface area (Å²) in [6, 6.07) is 6.14. The van der Waals surface area contributed by atoms with Crippen LogP contribution >= 0.6 is 0 Å². The minimum atomic E-state index is -0.493. The summed E-state index contributed by atoms with van der Waals surface area (Å²) in [6.07, 6.45) is 0. The maximum absolute atomic E-state index is 13.4. The normalized spacial score (nSPS) is 10.5. The van der Waals surface area contributed by atoms with Gasteiger partial charge >= 0.3 is 5.97 Å². The smallest absolute Gasteiger partial charge is 0.344 e. The van der Waals surface area contributed by atoms with E-state index in [1.54, 1.807) is 19.1 Å². The van der Waals surface area contributed by atoms with Gasteiger partial charge in [-0.15, -0.1) is 0 Å². The van der Waals surface area contributed by atoms with E-state index in [0.717, 1.165) is 5.69 Å². The van der Waals surface area contributed by atoms with E-state index >= 15 is 0 Å². The van der Waals surface area contributed by atoms with Crippen LogP contribution in [0, 0.1) is 12.7 Å². The number of ether oxygens (including phenoxy) is 2. The number of nitrogens with zero attached hydrogens (tertiary/aromatic N) is 1. The number of halogens is 1. The molecule has 0 aliphatic heterocycles. The Morgan fingerprint density at radius 3 is 2.89 bits per heavy atom. The van der Waals surface area contributed by atoms with E-state index in [-0.39, 0.29) is 19.0 Å². The van der Waals surface area contributed by atoms with E-state index in [4.69, 9.17) is 9.47 Å². The van der Waals surface area contributed by atoms with Gasteiger partial charge in [0.25, 0.3) is 0 Å². The first-order chi connectivity index (χ1) is 9.10. The van der Waals surface area contributed by atoms with Crippen LogP contribution in [0.15, 0.2) is 24.3 Å². The molecular weight excluding hydrogens is 249 g/mol. The highest BCUT2D eigenvalue weighted by atomic mass is 19.1. The minimum Gasteiger partial charge on any atom is -0.480 e. The van der Waals surface area contributed by atoms with Crippen molar-refractivity contribution >= 4 is 16.9 Å². The predicted octanol–water partition coefficient (Wildman–Crippen LogP) is 2.62. The summed E-state index contributed by atoms with van der Waals surface area (Å²) in [6.45, 7) is 3.56. The average molecular weight is 263 g/mol. The zero-order valence-electron chi connectivity index (χ0n) is 10.8. The lowest BCUT2D eigenvalue weighted by Gasteiger charge is -2.09. The molecule has 0 spiro atoms. The Bertz CT molecular complexity index is 613. The van der Waals surface area contributed by atoms with Crippen molar-refractivity contribution in [1.82, 2.24) is 4.98 Å². The lowest BCUT2D eigenvalue weighted by Crippen LogP contribution is -2.14. The van der Waals surface area contributed by atoms with Crippen LogP contribution in [-0.2, 0) is 9.53 Å². The topological polar surface area (TPSA) is 48.4 Å². The van der Waals surface area contributed by atoms with Gasteiger partial charge in [-0.2, -0.15) is 0 Å². The van der Waals surface area contributed by atoms with Crippen LogP contribution in [-0.4, -0.2) is 24.2 Å². The molecule has 19 heavy (non-hydrogen) atoms. The third kappa shape index (κ3) is 3.19. The lowest BCUT2D eigenvalue weighted by molar-refractivity contribution is -0.145. The number of esters is 1. The van der Waals surface area contributed by atoms with E-state index in [2.05, 4.69) is 4.98 Å². The van der Waals surface area contributed by atoms with Gasteiger partial charge in [-0.1, -0.05) is 6.07 Å². The highest BCUT2D eigenvalue weighted by Gasteiger charge is 2.10. The first kappa shape index (κ1) is 13.3. The Kier molecular flexibility index (Phi) is 3.94. The zero-order chi connectivity index (χ0) is 13.8. The Hall–Kier alpha value is -2.17. The van der Waals surface area contributed by atoms with Gasteiger partial charge in [0, 0.05) is 17.1 Å². The second-order valence-electron chi connectivity index (χ2n) is 4.02. The third-order valence-electron chi connectivity index (χ3n) is 2.51. The molecule has 1 aromatic heterocycles. The average Bonchev–Trinajstić information content (AvgIpc) is 2.37. The summed E-state index contributed by atoms with van der Waals surface area (Å²) in [5.41, 5.74) is 1.32. The van der Waals surface area contributed by atoms with Crippen LogP contribution in [0.1, 0.15) is 12.6 Å². The number of carbonyl (C=O) groups is 1. The molecule has 0 aliphatic carbocycles. The molecule has 1 aromatic carbocycles. The monoisotopic (exact) mass is 263 g/mol. The highest BCUT2D eigenvalue weighted by molar-refractivity contribution is 5.85. The number of rotatable bonds is 4. The van der Waals surface area contributed by atoms with Crippen molar-refractivity contribution in [3.05, 3.63) is 35.8 Å². The summed E-state index contributed by atoms with van der Waals surface area (Å²) in [7, 11) is 0. The number of carbonyl (C=O) groups excluding carboxylic acids is 1. The van der Waals surface area contributed by atoms with Gasteiger partial charge in [0.1, 0.15) is 17.1 Å². The van der Waals surface area contributed by atoms with E-state index < -0.39 is 11.8 Å². The van der Waals surface area contributed by atoms with Crippen LogP contribution in [0.2, 0.25) is 0 Å². The largest absolute Gasteiger partial charge is 0.480 e. The van der Waals surface area contributed by atoms with Crippen molar-refractivity contribution in [2.45, 2.75) is 13.8 Å². The molecule has 0 fully saturated rings. The number of pyridine rings is 1. The quantitative estimate of drug-likeness (QED) is 0.796. The van der Waals surface area contributed by atoms with Crippen molar-refractivity contribution in [1.29, 1.82) is 0 Å². The minimum absolute atomic E-state index is 0.242. The number of benzene rings is 1. The van der Waals surface area contributed by atoms with Gasteiger partial charge in [-0.25, -0.2) is 14.2 Å². The van der Waals surface area contributed by atoms with Crippen LogP contribution in [0.4, 0.5) is 4.39 Å². The van der Waals surface area contributed by atoms with Crippen molar-refractivity contribution < 1.29 is 18.7 Å². The van der Waals surface area contributed by atoms with E-state index in [1.165, 1.54) is 12.1 Å². The number of hydrogen-bond donors (Lipinski definition) is 0. The fourth-order valence-electron chi connectivity index (χ4n) is 1.71. The maximum atomic E-state index is 13.4. The van der Waals surface area contributed by atoms with Crippen LogP contribution in [0.5, 0.6) is 5.75 Å². The van der Waals surface area contributed by atoms with Gasteiger partial charge in [-0.3, -0.25) is 0 Å². The van der Waals surface area contributed by atoms with Gasteiger partial charge < -0.3 is 9.47 Å². The van der Waals surface area contributed by atoms with E-state index in [9.17, 15) is 9.18 Å². The molecule has 0 amide bonds. The molecule has 2 rings (SSSR count). The Morgan fingerprint density at radius 1 is 1.37 bits per heavy atom. The second-order valence-corrected chi connectivity index (χ2v) is 4.02. The van der Waals surface area contributed by atoms with E-state index in [0.29, 0.717) is 10.9 Å². The third-order valence-corrected chi connectivity index (χ3v) is 2.51. The SMILES string of the molecule is CCOC(=O)COc1cc(F)cc2ccc(C)nc12. The Labute approximate surface area is 110 Å². The fourth-order valence-corrected chi connectivity index (χ4v) is 1.71. The van der Waals surface area contributed by atoms with Crippen molar-refractivity contribution in [2.24, 2.45) is 0 Å². The zero-order valence-corrected chi connectivity index (χ0v) is 10.8. The van der Waals surface area contributed by atoms with Crippen LogP contribution in [0.25, 0.3) is 10.9 Å². The van der Waals surface area contributed by atoms with Crippen LogP contribution in [0.3, 0.4) is 0 Å². The van der Waals surface area contributed by atoms with Gasteiger partial charge in [-0.05, 0) is 26.0 Å². The number of aryl methyl sites for hydroxylation is 1. The Balaban J connectivity index is 2.30.